The van der Waals surface area contributed by atoms with Gasteiger partial charge < -0.3 is 14.7 Å². The van der Waals surface area contributed by atoms with Crippen LogP contribution in [-0.4, -0.2) is 34.8 Å². The molecule has 1 N–H and O–H groups in total. The number of aliphatic hydroxyl groups excluding tert-OH is 1. The topological polar surface area (TPSA) is 49.8 Å². The number of nitrogens with zero attached hydrogens (tertiary/aromatic N) is 1. The zero-order chi connectivity index (χ0) is 13.0. The van der Waals surface area contributed by atoms with Crippen molar-refractivity contribution in [2.75, 3.05) is 6.54 Å². The minimum atomic E-state index is -0.425. The Labute approximate surface area is 107 Å². The average Bonchev–Trinajstić information content (AvgIpc) is 2.40. The zero-order valence-corrected chi connectivity index (χ0v) is 10.6. The number of amides is 1. The predicted molar refractivity (Wildman–Crippen MR) is 68.0 cm³/mol. The van der Waals surface area contributed by atoms with Gasteiger partial charge in [-0.3, -0.25) is 0 Å². The molecule has 2 rings (SSSR count). The monoisotopic (exact) mass is 249 g/mol. The van der Waals surface area contributed by atoms with Crippen molar-refractivity contribution < 1.29 is 14.6 Å². The SMILES string of the molecule is C[C@H]1CC[C@@H](O)CN1C(=O)OCc1ccccc1. The molecule has 0 spiro atoms. The van der Waals surface area contributed by atoms with Gasteiger partial charge in [-0.25, -0.2) is 4.79 Å². The smallest absolute Gasteiger partial charge is 0.410 e. The van der Waals surface area contributed by atoms with Gasteiger partial charge in [-0.2, -0.15) is 0 Å². The molecule has 0 aromatic heterocycles. The van der Waals surface area contributed by atoms with Gasteiger partial charge in [0.25, 0.3) is 0 Å². The van der Waals surface area contributed by atoms with Gasteiger partial charge in [0.15, 0.2) is 0 Å². The molecule has 4 heteroatoms. The third-order valence-corrected chi connectivity index (χ3v) is 3.30. The Morgan fingerprint density at radius 3 is 2.83 bits per heavy atom. The largest absolute Gasteiger partial charge is 0.445 e. The highest BCUT2D eigenvalue weighted by atomic mass is 16.6. The van der Waals surface area contributed by atoms with Crippen LogP contribution < -0.4 is 0 Å². The van der Waals surface area contributed by atoms with Crippen LogP contribution in [0.25, 0.3) is 0 Å². The molecule has 0 unspecified atom stereocenters. The molecule has 1 saturated heterocycles. The number of benzene rings is 1. The van der Waals surface area contributed by atoms with Crippen LogP contribution in [-0.2, 0) is 11.3 Å². The number of carbonyl (C=O) groups excluding carboxylic acids is 1. The van der Waals surface area contributed by atoms with Crippen LogP contribution in [0.2, 0.25) is 0 Å². The van der Waals surface area contributed by atoms with Gasteiger partial charge in [-0.15, -0.1) is 0 Å². The molecular formula is C14H19NO3. The highest BCUT2D eigenvalue weighted by Gasteiger charge is 2.28. The van der Waals surface area contributed by atoms with Crippen molar-refractivity contribution in [3.8, 4) is 0 Å². The Morgan fingerprint density at radius 2 is 2.11 bits per heavy atom. The summed E-state index contributed by atoms with van der Waals surface area (Å²) in [4.78, 5) is 13.5. The number of hydrogen-bond donors (Lipinski definition) is 1. The third kappa shape index (κ3) is 3.23. The van der Waals surface area contributed by atoms with E-state index in [0.717, 1.165) is 18.4 Å². The van der Waals surface area contributed by atoms with E-state index in [1.165, 1.54) is 0 Å². The number of aliphatic hydroxyl groups is 1. The first-order valence-electron chi connectivity index (χ1n) is 6.32. The molecule has 0 aliphatic carbocycles. The molecule has 1 aliphatic rings. The molecule has 2 atom stereocenters. The molecule has 0 saturated carbocycles. The van der Waals surface area contributed by atoms with Gasteiger partial charge in [-0.1, -0.05) is 30.3 Å². The van der Waals surface area contributed by atoms with Crippen LogP contribution in [0.5, 0.6) is 0 Å². The summed E-state index contributed by atoms with van der Waals surface area (Å²) in [5.41, 5.74) is 0.969. The molecule has 0 radical (unpaired) electrons. The van der Waals surface area contributed by atoms with E-state index in [0.29, 0.717) is 6.54 Å². The van der Waals surface area contributed by atoms with Crippen molar-refractivity contribution in [1.82, 2.24) is 4.90 Å². The summed E-state index contributed by atoms with van der Waals surface area (Å²) in [6.45, 7) is 2.63. The molecule has 0 bridgehead atoms. The lowest BCUT2D eigenvalue weighted by Gasteiger charge is -2.35. The number of ether oxygens (including phenoxy) is 1. The second kappa shape index (κ2) is 5.87. The quantitative estimate of drug-likeness (QED) is 0.874. The molecule has 4 nitrogen and oxygen atoms in total. The van der Waals surface area contributed by atoms with Crippen molar-refractivity contribution in [3.63, 3.8) is 0 Å². The van der Waals surface area contributed by atoms with E-state index in [1.807, 2.05) is 37.3 Å². The normalized spacial score (nSPS) is 23.8. The maximum Gasteiger partial charge on any atom is 0.410 e. The van der Waals surface area contributed by atoms with E-state index in [9.17, 15) is 9.90 Å². The van der Waals surface area contributed by atoms with E-state index < -0.39 is 6.10 Å². The first-order valence-corrected chi connectivity index (χ1v) is 6.32. The number of rotatable bonds is 2. The van der Waals surface area contributed by atoms with Crippen molar-refractivity contribution >= 4 is 6.09 Å². The summed E-state index contributed by atoms with van der Waals surface area (Å²) in [5.74, 6) is 0. The minimum Gasteiger partial charge on any atom is -0.445 e. The molecule has 98 valence electrons. The maximum atomic E-state index is 11.9. The molecule has 1 heterocycles. The van der Waals surface area contributed by atoms with Crippen molar-refractivity contribution in [2.45, 2.75) is 38.5 Å². The van der Waals surface area contributed by atoms with E-state index in [1.54, 1.807) is 4.90 Å². The lowest BCUT2D eigenvalue weighted by molar-refractivity contribution is 0.0249. The minimum absolute atomic E-state index is 0.136. The van der Waals surface area contributed by atoms with Gasteiger partial charge in [0, 0.05) is 6.04 Å². The fraction of sp³-hybridized carbons (Fsp3) is 0.500. The Hall–Kier alpha value is -1.55. The number of hydrogen-bond acceptors (Lipinski definition) is 3. The number of β-amino-alcohol motifs (C(OH)–C–C–N with tert-alkyl or cyclic N) is 1. The van der Waals surface area contributed by atoms with Crippen molar-refractivity contribution in [1.29, 1.82) is 0 Å². The molecule has 1 aliphatic heterocycles. The van der Waals surface area contributed by atoms with E-state index in [-0.39, 0.29) is 18.7 Å². The van der Waals surface area contributed by atoms with Crippen LogP contribution in [0.3, 0.4) is 0 Å². The average molecular weight is 249 g/mol. The highest BCUT2D eigenvalue weighted by Crippen LogP contribution is 2.18. The summed E-state index contributed by atoms with van der Waals surface area (Å²) in [5, 5.41) is 9.58. The Balaban J connectivity index is 1.87. The first kappa shape index (κ1) is 12.9. The van der Waals surface area contributed by atoms with Crippen LogP contribution >= 0.6 is 0 Å². The Bertz CT molecular complexity index is 393. The van der Waals surface area contributed by atoms with Gasteiger partial charge in [0.2, 0.25) is 0 Å². The molecule has 1 fully saturated rings. The molecule has 1 aromatic rings. The zero-order valence-electron chi connectivity index (χ0n) is 10.6. The fourth-order valence-electron chi connectivity index (χ4n) is 2.14. The second-order valence-corrected chi connectivity index (χ2v) is 4.77. The highest BCUT2D eigenvalue weighted by molar-refractivity contribution is 5.68. The summed E-state index contributed by atoms with van der Waals surface area (Å²) < 4.78 is 5.26. The summed E-state index contributed by atoms with van der Waals surface area (Å²) in [6, 6.07) is 9.72. The summed E-state index contributed by atoms with van der Waals surface area (Å²) in [7, 11) is 0. The molecular weight excluding hydrogens is 230 g/mol. The Morgan fingerprint density at radius 1 is 1.39 bits per heavy atom. The standard InChI is InChI=1S/C14H19NO3/c1-11-7-8-13(16)9-15(11)14(17)18-10-12-5-3-2-4-6-12/h2-6,11,13,16H,7-10H2,1H3/t11-,13+/m0/s1. The fourth-order valence-corrected chi connectivity index (χ4v) is 2.14. The van der Waals surface area contributed by atoms with Gasteiger partial charge in [0.1, 0.15) is 6.61 Å². The molecule has 1 aromatic carbocycles. The van der Waals surface area contributed by atoms with Crippen LogP contribution in [0.1, 0.15) is 25.3 Å². The molecule has 1 amide bonds. The van der Waals surface area contributed by atoms with E-state index in [4.69, 9.17) is 4.74 Å². The predicted octanol–water partition coefficient (Wildman–Crippen LogP) is 2.17. The number of likely N-dealkylation sites (tertiary alicyclic amines) is 1. The lowest BCUT2D eigenvalue weighted by atomic mass is 10.0. The van der Waals surface area contributed by atoms with Crippen molar-refractivity contribution in [3.05, 3.63) is 35.9 Å². The van der Waals surface area contributed by atoms with Gasteiger partial charge in [-0.05, 0) is 25.3 Å². The number of piperidine rings is 1. The van der Waals surface area contributed by atoms with E-state index >= 15 is 0 Å². The summed E-state index contributed by atoms with van der Waals surface area (Å²) >= 11 is 0. The Kier molecular flexibility index (Phi) is 4.20. The maximum absolute atomic E-state index is 11.9. The van der Waals surface area contributed by atoms with Gasteiger partial charge in [0.05, 0.1) is 12.6 Å². The van der Waals surface area contributed by atoms with Crippen molar-refractivity contribution in [2.24, 2.45) is 0 Å². The molecule has 18 heavy (non-hydrogen) atoms. The van der Waals surface area contributed by atoms with Crippen LogP contribution in [0, 0.1) is 0 Å². The third-order valence-electron chi connectivity index (χ3n) is 3.30. The van der Waals surface area contributed by atoms with Gasteiger partial charge >= 0.3 is 6.09 Å². The number of carbonyl (C=O) groups is 1. The van der Waals surface area contributed by atoms with E-state index in [2.05, 4.69) is 0 Å². The second-order valence-electron chi connectivity index (χ2n) is 4.77. The van der Waals surface area contributed by atoms with Crippen LogP contribution in [0.4, 0.5) is 4.79 Å². The lowest BCUT2D eigenvalue weighted by Crippen LogP contribution is -2.47. The first-order chi connectivity index (χ1) is 8.66. The summed E-state index contributed by atoms with van der Waals surface area (Å²) in [6.07, 6.45) is 0.807. The van der Waals surface area contributed by atoms with Crippen LogP contribution in [0.15, 0.2) is 30.3 Å².